The van der Waals surface area contributed by atoms with E-state index in [1.807, 2.05) is 20.8 Å². The van der Waals surface area contributed by atoms with E-state index < -0.39 is 8.80 Å². The predicted octanol–water partition coefficient (Wildman–Crippen LogP) is 2.15. The lowest BCUT2D eigenvalue weighted by Gasteiger charge is -2.28. The van der Waals surface area contributed by atoms with Gasteiger partial charge in [-0.15, -0.1) is 0 Å². The fourth-order valence-corrected chi connectivity index (χ4v) is 3.82. The van der Waals surface area contributed by atoms with Gasteiger partial charge >= 0.3 is 14.8 Å². The molecule has 0 fully saturated rings. The van der Waals surface area contributed by atoms with E-state index in [1.54, 1.807) is 13.0 Å². The van der Waals surface area contributed by atoms with Crippen LogP contribution in [0.2, 0.25) is 6.04 Å². The minimum atomic E-state index is -2.69. The van der Waals surface area contributed by atoms with Crippen molar-refractivity contribution in [1.82, 2.24) is 0 Å². The molecule has 0 radical (unpaired) electrons. The molecule has 0 aliphatic carbocycles. The van der Waals surface area contributed by atoms with Crippen molar-refractivity contribution in [3.63, 3.8) is 0 Å². The molecule has 0 aromatic heterocycles. The molecule has 0 saturated heterocycles. The van der Waals surface area contributed by atoms with Gasteiger partial charge in [0.1, 0.15) is 0 Å². The van der Waals surface area contributed by atoms with E-state index >= 15 is 0 Å². The molecule has 0 aromatic carbocycles. The van der Waals surface area contributed by atoms with Gasteiger partial charge in [-0.25, -0.2) is 4.79 Å². The highest BCUT2D eigenvalue weighted by atomic mass is 28.4. The summed E-state index contributed by atoms with van der Waals surface area (Å²) >= 11 is 0. The van der Waals surface area contributed by atoms with Crippen LogP contribution in [-0.2, 0) is 22.8 Å². The van der Waals surface area contributed by atoms with Crippen LogP contribution in [0.4, 0.5) is 0 Å². The van der Waals surface area contributed by atoms with Crippen molar-refractivity contribution in [2.24, 2.45) is 0 Å². The molecular weight excluding hydrogens is 252 g/mol. The quantitative estimate of drug-likeness (QED) is 0.348. The maximum Gasteiger partial charge on any atom is 0.504 e. The summed E-state index contributed by atoms with van der Waals surface area (Å²) in [5.41, 5.74) is 0. The summed E-state index contributed by atoms with van der Waals surface area (Å²) in [6.07, 6.45) is 3.02. The van der Waals surface area contributed by atoms with Gasteiger partial charge in [-0.2, -0.15) is 0 Å². The van der Waals surface area contributed by atoms with E-state index in [4.69, 9.17) is 18.0 Å². The van der Waals surface area contributed by atoms with Crippen molar-refractivity contribution < 1.29 is 22.8 Å². The number of hydrogen-bond acceptors (Lipinski definition) is 5. The van der Waals surface area contributed by atoms with Crippen molar-refractivity contribution in [2.75, 3.05) is 26.4 Å². The summed E-state index contributed by atoms with van der Waals surface area (Å²) in [4.78, 5) is 11.2. The first kappa shape index (κ1) is 17.3. The van der Waals surface area contributed by atoms with E-state index in [0.29, 0.717) is 25.9 Å². The Morgan fingerprint density at radius 3 is 1.94 bits per heavy atom. The summed E-state index contributed by atoms with van der Waals surface area (Å²) in [6.45, 7) is 9.26. The molecule has 0 heterocycles. The number of ether oxygens (including phenoxy) is 1. The van der Waals surface area contributed by atoms with Gasteiger partial charge in [0, 0.05) is 25.9 Å². The molecule has 6 heteroatoms. The van der Waals surface area contributed by atoms with Gasteiger partial charge in [0.05, 0.1) is 12.7 Å². The van der Waals surface area contributed by atoms with Gasteiger partial charge in [0.2, 0.25) is 0 Å². The van der Waals surface area contributed by atoms with Crippen molar-refractivity contribution in [1.29, 1.82) is 0 Å². The van der Waals surface area contributed by atoms with Crippen LogP contribution in [0.5, 0.6) is 0 Å². The highest BCUT2D eigenvalue weighted by Crippen LogP contribution is 2.16. The lowest BCUT2D eigenvalue weighted by Crippen LogP contribution is -2.47. The molecule has 5 nitrogen and oxygen atoms in total. The van der Waals surface area contributed by atoms with Crippen LogP contribution < -0.4 is 0 Å². The van der Waals surface area contributed by atoms with Crippen LogP contribution in [0.3, 0.4) is 0 Å². The second kappa shape index (κ2) is 10.2. The Bertz CT molecular complexity index is 238. The number of rotatable bonds is 10. The Hall–Kier alpha value is -0.693. The number of hydrogen-bond donors (Lipinski definition) is 0. The standard InChI is InChI=1S/C12H24O5Si/c1-5-9-12(13)14-10-11-18(15-6-2,16-7-3)17-8-4/h5,9H,6-8,10-11H2,1-4H3. The fourth-order valence-electron chi connectivity index (χ4n) is 1.46. The highest BCUT2D eigenvalue weighted by molar-refractivity contribution is 6.60. The number of allylic oxidation sites excluding steroid dienone is 1. The molecule has 106 valence electrons. The van der Waals surface area contributed by atoms with Gasteiger partial charge in [-0.3, -0.25) is 0 Å². The molecule has 0 rings (SSSR count). The molecule has 0 amide bonds. The second-order valence-electron chi connectivity index (χ2n) is 3.40. The van der Waals surface area contributed by atoms with Crippen LogP contribution in [0.25, 0.3) is 0 Å². The zero-order chi connectivity index (χ0) is 13.9. The summed E-state index contributed by atoms with van der Waals surface area (Å²) in [5.74, 6) is -0.357. The maximum atomic E-state index is 11.2. The van der Waals surface area contributed by atoms with Crippen molar-refractivity contribution in [2.45, 2.75) is 33.7 Å². The Morgan fingerprint density at radius 2 is 1.56 bits per heavy atom. The summed E-state index contributed by atoms with van der Waals surface area (Å²) in [5, 5.41) is 0. The Morgan fingerprint density at radius 1 is 1.06 bits per heavy atom. The molecule has 0 spiro atoms. The van der Waals surface area contributed by atoms with Gasteiger partial charge in [-0.05, 0) is 27.7 Å². The zero-order valence-electron chi connectivity index (χ0n) is 11.7. The number of esters is 1. The molecule has 18 heavy (non-hydrogen) atoms. The smallest absolute Gasteiger partial charge is 0.463 e. The van der Waals surface area contributed by atoms with E-state index in [9.17, 15) is 4.79 Å². The first-order valence-corrected chi connectivity index (χ1v) is 8.28. The van der Waals surface area contributed by atoms with Crippen molar-refractivity contribution in [3.8, 4) is 0 Å². The third-order valence-corrected chi connectivity index (χ3v) is 5.05. The zero-order valence-corrected chi connectivity index (χ0v) is 12.7. The molecule has 0 atom stereocenters. The van der Waals surface area contributed by atoms with E-state index in [1.165, 1.54) is 6.08 Å². The third-order valence-electron chi connectivity index (χ3n) is 2.05. The molecule has 0 unspecified atom stereocenters. The van der Waals surface area contributed by atoms with Gasteiger partial charge < -0.3 is 18.0 Å². The molecule has 0 aliphatic rings. The summed E-state index contributed by atoms with van der Waals surface area (Å²) < 4.78 is 22.0. The van der Waals surface area contributed by atoms with Crippen LogP contribution in [0.1, 0.15) is 27.7 Å². The number of carbonyl (C=O) groups is 1. The predicted molar refractivity (Wildman–Crippen MR) is 71.2 cm³/mol. The molecular formula is C12H24O5Si. The minimum absolute atomic E-state index is 0.245. The van der Waals surface area contributed by atoms with Crippen molar-refractivity contribution >= 4 is 14.8 Å². The Balaban J connectivity index is 4.33. The normalized spacial score (nSPS) is 12.0. The highest BCUT2D eigenvalue weighted by Gasteiger charge is 2.40. The lowest BCUT2D eigenvalue weighted by atomic mass is 10.5. The van der Waals surface area contributed by atoms with Crippen LogP contribution in [0, 0.1) is 0 Å². The SMILES string of the molecule is CC=CC(=O)OCC[Si](OCC)(OCC)OCC. The molecule has 0 aromatic rings. The fraction of sp³-hybridized carbons (Fsp3) is 0.750. The van der Waals surface area contributed by atoms with E-state index in [2.05, 4.69) is 0 Å². The summed E-state index contributed by atoms with van der Waals surface area (Å²) in [6, 6.07) is 0.478. The maximum absolute atomic E-state index is 11.2. The van der Waals surface area contributed by atoms with Gasteiger partial charge in [-0.1, -0.05) is 6.08 Å². The van der Waals surface area contributed by atoms with Crippen LogP contribution in [0.15, 0.2) is 12.2 Å². The van der Waals surface area contributed by atoms with Crippen molar-refractivity contribution in [3.05, 3.63) is 12.2 Å². The average molecular weight is 276 g/mol. The molecule has 0 aliphatic heterocycles. The average Bonchev–Trinajstić information content (AvgIpc) is 2.30. The first-order chi connectivity index (χ1) is 8.64. The largest absolute Gasteiger partial charge is 0.504 e. The van der Waals surface area contributed by atoms with Crippen LogP contribution >= 0.6 is 0 Å². The van der Waals surface area contributed by atoms with Gasteiger partial charge in [0.25, 0.3) is 0 Å². The summed E-state index contributed by atoms with van der Waals surface area (Å²) in [7, 11) is -2.69. The minimum Gasteiger partial charge on any atom is -0.463 e. The first-order valence-electron chi connectivity index (χ1n) is 6.35. The lowest BCUT2D eigenvalue weighted by molar-refractivity contribution is -0.137. The third kappa shape index (κ3) is 6.90. The number of carbonyl (C=O) groups excluding carboxylic acids is 1. The molecule has 0 saturated carbocycles. The van der Waals surface area contributed by atoms with E-state index in [-0.39, 0.29) is 12.6 Å². The monoisotopic (exact) mass is 276 g/mol. The molecule has 0 bridgehead atoms. The Labute approximate surface area is 110 Å². The van der Waals surface area contributed by atoms with Gasteiger partial charge in [0.15, 0.2) is 0 Å². The second-order valence-corrected chi connectivity index (χ2v) is 6.13. The molecule has 0 N–H and O–H groups in total. The topological polar surface area (TPSA) is 54.0 Å². The van der Waals surface area contributed by atoms with E-state index in [0.717, 1.165) is 0 Å². The van der Waals surface area contributed by atoms with Crippen LogP contribution in [-0.4, -0.2) is 41.2 Å². The Kier molecular flexibility index (Phi) is 9.86.